The number of carbonyl (C=O) groups excluding carboxylic acids is 1. The fourth-order valence-electron chi connectivity index (χ4n) is 4.12. The minimum absolute atomic E-state index is 0.0652. The number of ether oxygens (including phenoxy) is 1. The SMILES string of the molecule is CC(=O)c1ccc(OCc2ccc(Cc3cccc(-c4nn[nH]n4)c3)cc2)c(-c2ccccc2)c1O. The number of rotatable bonds is 8. The number of carbonyl (C=O) groups is 1. The van der Waals surface area contributed by atoms with Crippen molar-refractivity contribution in [1.29, 1.82) is 0 Å². The minimum Gasteiger partial charge on any atom is -0.506 e. The van der Waals surface area contributed by atoms with Crippen LogP contribution in [-0.2, 0) is 13.0 Å². The van der Waals surface area contributed by atoms with Crippen molar-refractivity contribution in [2.45, 2.75) is 20.0 Å². The number of H-pyrrole nitrogens is 1. The van der Waals surface area contributed by atoms with E-state index in [9.17, 15) is 9.90 Å². The maximum absolute atomic E-state index is 12.0. The van der Waals surface area contributed by atoms with Gasteiger partial charge in [0.15, 0.2) is 5.78 Å². The second kappa shape index (κ2) is 10.2. The monoisotopic (exact) mass is 476 g/mol. The number of nitrogens with zero attached hydrogens (tertiary/aromatic N) is 3. The zero-order valence-electron chi connectivity index (χ0n) is 19.7. The number of tetrazole rings is 1. The molecule has 0 unspecified atom stereocenters. The second-order valence-corrected chi connectivity index (χ2v) is 8.47. The molecule has 0 radical (unpaired) electrons. The number of aromatic amines is 1. The van der Waals surface area contributed by atoms with Crippen LogP contribution in [0.1, 0.15) is 34.0 Å². The Balaban J connectivity index is 1.31. The molecule has 5 rings (SSSR count). The Labute approximate surface area is 208 Å². The van der Waals surface area contributed by atoms with E-state index in [1.807, 2.05) is 54.6 Å². The van der Waals surface area contributed by atoms with Gasteiger partial charge in [0.1, 0.15) is 18.1 Å². The molecule has 0 fully saturated rings. The number of Topliss-reactive ketones (excluding diaryl/α,β-unsaturated/α-hetero) is 1. The molecule has 36 heavy (non-hydrogen) atoms. The van der Waals surface area contributed by atoms with Gasteiger partial charge in [-0.2, -0.15) is 5.21 Å². The summed E-state index contributed by atoms with van der Waals surface area (Å²) in [5.41, 5.74) is 5.79. The molecule has 0 saturated heterocycles. The van der Waals surface area contributed by atoms with Crippen molar-refractivity contribution in [3.63, 3.8) is 0 Å². The summed E-state index contributed by atoms with van der Waals surface area (Å²) in [7, 11) is 0. The van der Waals surface area contributed by atoms with Crippen LogP contribution in [0, 0.1) is 0 Å². The van der Waals surface area contributed by atoms with E-state index in [1.165, 1.54) is 6.92 Å². The number of nitrogens with one attached hydrogen (secondary N) is 1. The lowest BCUT2D eigenvalue weighted by Gasteiger charge is -2.15. The first-order valence-electron chi connectivity index (χ1n) is 11.5. The minimum atomic E-state index is -0.199. The third-order valence-electron chi connectivity index (χ3n) is 5.94. The Morgan fingerprint density at radius 1 is 0.861 bits per heavy atom. The van der Waals surface area contributed by atoms with Crippen molar-refractivity contribution in [2.75, 3.05) is 0 Å². The predicted octanol–water partition coefficient (Wildman–Crippen LogP) is 5.61. The Kier molecular flexibility index (Phi) is 6.53. The molecular formula is C29H24N4O3. The van der Waals surface area contributed by atoms with Gasteiger partial charge in [0, 0.05) is 5.56 Å². The molecule has 1 heterocycles. The van der Waals surface area contributed by atoms with Gasteiger partial charge in [0.05, 0.1) is 11.1 Å². The molecule has 4 aromatic carbocycles. The normalized spacial score (nSPS) is 10.8. The van der Waals surface area contributed by atoms with Gasteiger partial charge >= 0.3 is 0 Å². The Morgan fingerprint density at radius 3 is 2.33 bits per heavy atom. The fourth-order valence-corrected chi connectivity index (χ4v) is 4.12. The molecular weight excluding hydrogens is 452 g/mol. The number of phenols is 1. The molecule has 0 aliphatic rings. The Bertz CT molecular complexity index is 1480. The van der Waals surface area contributed by atoms with Crippen LogP contribution in [0.15, 0.2) is 91.0 Å². The van der Waals surface area contributed by atoms with Crippen LogP contribution < -0.4 is 4.74 Å². The molecule has 0 spiro atoms. The number of hydrogen-bond donors (Lipinski definition) is 2. The van der Waals surface area contributed by atoms with Gasteiger partial charge in [-0.3, -0.25) is 4.79 Å². The van der Waals surface area contributed by atoms with Crippen molar-refractivity contribution < 1.29 is 14.6 Å². The average Bonchev–Trinajstić information content (AvgIpc) is 3.44. The highest BCUT2D eigenvalue weighted by Crippen LogP contribution is 2.40. The van der Waals surface area contributed by atoms with Gasteiger partial charge in [-0.1, -0.05) is 72.8 Å². The molecule has 0 saturated carbocycles. The molecule has 0 amide bonds. The Morgan fingerprint density at radius 2 is 1.61 bits per heavy atom. The van der Waals surface area contributed by atoms with E-state index in [2.05, 4.69) is 44.9 Å². The molecule has 5 aromatic rings. The number of benzene rings is 4. The van der Waals surface area contributed by atoms with Crippen LogP contribution in [0.2, 0.25) is 0 Å². The van der Waals surface area contributed by atoms with E-state index in [1.54, 1.807) is 12.1 Å². The first-order chi connectivity index (χ1) is 17.6. The highest BCUT2D eigenvalue weighted by atomic mass is 16.5. The number of phenolic OH excluding ortho intramolecular Hbond substituents is 1. The molecule has 2 N–H and O–H groups in total. The molecule has 178 valence electrons. The van der Waals surface area contributed by atoms with Crippen LogP contribution in [0.5, 0.6) is 11.5 Å². The highest BCUT2D eigenvalue weighted by Gasteiger charge is 2.18. The van der Waals surface area contributed by atoms with Crippen LogP contribution in [0.4, 0.5) is 0 Å². The molecule has 0 aliphatic heterocycles. The molecule has 0 aliphatic carbocycles. The quantitative estimate of drug-likeness (QED) is 0.282. The van der Waals surface area contributed by atoms with Crippen LogP contribution in [0.25, 0.3) is 22.5 Å². The largest absolute Gasteiger partial charge is 0.506 e. The van der Waals surface area contributed by atoms with E-state index in [-0.39, 0.29) is 17.1 Å². The van der Waals surface area contributed by atoms with Gasteiger partial charge in [0.2, 0.25) is 5.82 Å². The van der Waals surface area contributed by atoms with Gasteiger partial charge in [-0.25, -0.2) is 0 Å². The van der Waals surface area contributed by atoms with Crippen molar-refractivity contribution in [3.05, 3.63) is 113 Å². The maximum atomic E-state index is 12.0. The molecule has 7 nitrogen and oxygen atoms in total. The predicted molar refractivity (Wildman–Crippen MR) is 137 cm³/mol. The number of aromatic hydroxyl groups is 1. The zero-order chi connectivity index (χ0) is 24.9. The lowest BCUT2D eigenvalue weighted by molar-refractivity contribution is 0.101. The van der Waals surface area contributed by atoms with Gasteiger partial charge in [-0.15, -0.1) is 10.2 Å². The molecule has 0 bridgehead atoms. The summed E-state index contributed by atoms with van der Waals surface area (Å²) in [6, 6.07) is 29.1. The lowest BCUT2D eigenvalue weighted by atomic mass is 9.98. The van der Waals surface area contributed by atoms with Crippen LogP contribution in [-0.4, -0.2) is 31.5 Å². The van der Waals surface area contributed by atoms with Crippen molar-refractivity contribution in [3.8, 4) is 34.0 Å². The number of ketones is 1. The summed E-state index contributed by atoms with van der Waals surface area (Å²) < 4.78 is 6.11. The summed E-state index contributed by atoms with van der Waals surface area (Å²) >= 11 is 0. The van der Waals surface area contributed by atoms with Crippen molar-refractivity contribution in [1.82, 2.24) is 20.6 Å². The molecule has 0 atom stereocenters. The Hall–Kier alpha value is -4.78. The van der Waals surface area contributed by atoms with Crippen molar-refractivity contribution in [2.24, 2.45) is 0 Å². The van der Waals surface area contributed by atoms with E-state index in [0.717, 1.165) is 34.2 Å². The average molecular weight is 477 g/mol. The first-order valence-corrected chi connectivity index (χ1v) is 11.5. The highest BCUT2D eigenvalue weighted by molar-refractivity contribution is 6.00. The zero-order valence-corrected chi connectivity index (χ0v) is 19.7. The van der Waals surface area contributed by atoms with E-state index in [4.69, 9.17) is 4.74 Å². The lowest BCUT2D eigenvalue weighted by Crippen LogP contribution is -2.01. The third kappa shape index (κ3) is 5.00. The second-order valence-electron chi connectivity index (χ2n) is 8.47. The standard InChI is InChI=1S/C29H24N4O3/c1-19(34)25-14-15-26(27(28(25)35)23-7-3-2-4-8-23)36-18-21-12-10-20(11-13-21)16-22-6-5-9-24(17-22)29-30-32-33-31-29/h2-15,17,35H,16,18H2,1H3,(H,30,31,32,33). The van der Waals surface area contributed by atoms with E-state index >= 15 is 0 Å². The van der Waals surface area contributed by atoms with Crippen molar-refractivity contribution >= 4 is 5.78 Å². The smallest absolute Gasteiger partial charge is 0.204 e. The number of hydrogen-bond acceptors (Lipinski definition) is 6. The van der Waals surface area contributed by atoms with Gasteiger partial charge in [0.25, 0.3) is 0 Å². The topological polar surface area (TPSA) is 101 Å². The number of aromatic nitrogens is 4. The summed E-state index contributed by atoms with van der Waals surface area (Å²) in [6.07, 6.45) is 0.769. The summed E-state index contributed by atoms with van der Waals surface area (Å²) in [4.78, 5) is 12.0. The molecule has 7 heteroatoms. The summed E-state index contributed by atoms with van der Waals surface area (Å²) in [5, 5.41) is 25.0. The summed E-state index contributed by atoms with van der Waals surface area (Å²) in [6.45, 7) is 1.76. The van der Waals surface area contributed by atoms with Crippen LogP contribution >= 0.6 is 0 Å². The third-order valence-corrected chi connectivity index (χ3v) is 5.94. The maximum Gasteiger partial charge on any atom is 0.204 e. The van der Waals surface area contributed by atoms with E-state index in [0.29, 0.717) is 23.7 Å². The van der Waals surface area contributed by atoms with E-state index < -0.39 is 0 Å². The first kappa shape index (κ1) is 23.0. The fraction of sp³-hybridized carbons (Fsp3) is 0.103. The van der Waals surface area contributed by atoms with Gasteiger partial charge < -0.3 is 9.84 Å². The summed E-state index contributed by atoms with van der Waals surface area (Å²) in [5.74, 6) is 0.826. The molecule has 1 aromatic heterocycles. The van der Waals surface area contributed by atoms with Crippen LogP contribution in [0.3, 0.4) is 0 Å². The van der Waals surface area contributed by atoms with Gasteiger partial charge in [-0.05, 0) is 59.0 Å².